The van der Waals surface area contributed by atoms with Gasteiger partial charge in [-0.1, -0.05) is 12.6 Å². The number of halogens is 3. The normalized spacial score (nSPS) is 17.2. The topological polar surface area (TPSA) is 67.2 Å². The van der Waals surface area contributed by atoms with Gasteiger partial charge >= 0.3 is 6.18 Å². The Morgan fingerprint density at radius 1 is 1.29 bits per heavy atom. The predicted octanol–water partition coefficient (Wildman–Crippen LogP) is 3.25. The van der Waals surface area contributed by atoms with E-state index in [2.05, 4.69) is 17.0 Å². The molecular weight excluding hydrogens is 373 g/mol. The van der Waals surface area contributed by atoms with E-state index in [-0.39, 0.29) is 29.2 Å². The summed E-state index contributed by atoms with van der Waals surface area (Å²) in [5, 5.41) is 6.80. The first-order valence-corrected chi connectivity index (χ1v) is 8.73. The number of carbonyl (C=O) groups excluding carboxylic acids is 2. The van der Waals surface area contributed by atoms with Crippen LogP contribution in [-0.2, 0) is 15.8 Å². The Balaban J connectivity index is 1.68. The minimum absolute atomic E-state index is 0.216. The van der Waals surface area contributed by atoms with Crippen molar-refractivity contribution in [3.05, 3.63) is 54.7 Å². The molecule has 1 aromatic carbocycles. The Kier molecular flexibility index (Phi) is 5.53. The maximum absolute atomic E-state index is 12.9. The lowest BCUT2D eigenvalue weighted by molar-refractivity contribution is -0.137. The van der Waals surface area contributed by atoms with Crippen molar-refractivity contribution < 1.29 is 22.8 Å². The maximum atomic E-state index is 12.9. The van der Waals surface area contributed by atoms with Gasteiger partial charge in [0.05, 0.1) is 17.2 Å². The number of likely N-dealkylation sites (tertiary alicyclic amines) is 1. The van der Waals surface area contributed by atoms with Crippen molar-refractivity contribution in [2.45, 2.75) is 19.0 Å². The van der Waals surface area contributed by atoms with Crippen LogP contribution in [0, 0.1) is 5.92 Å². The fourth-order valence-electron chi connectivity index (χ4n) is 3.11. The summed E-state index contributed by atoms with van der Waals surface area (Å²) in [7, 11) is 0. The number of rotatable bonds is 4. The van der Waals surface area contributed by atoms with Crippen molar-refractivity contribution in [1.82, 2.24) is 14.7 Å². The third-order valence-corrected chi connectivity index (χ3v) is 4.56. The zero-order valence-corrected chi connectivity index (χ0v) is 14.9. The van der Waals surface area contributed by atoms with E-state index in [9.17, 15) is 22.8 Å². The van der Waals surface area contributed by atoms with Crippen molar-refractivity contribution >= 4 is 17.6 Å². The summed E-state index contributed by atoms with van der Waals surface area (Å²) in [5.74, 6) is -0.645. The second-order valence-electron chi connectivity index (χ2n) is 6.51. The first-order chi connectivity index (χ1) is 13.3. The van der Waals surface area contributed by atoms with Crippen LogP contribution in [0.2, 0.25) is 0 Å². The lowest BCUT2D eigenvalue weighted by atomic mass is 9.97. The van der Waals surface area contributed by atoms with Crippen molar-refractivity contribution in [2.75, 3.05) is 18.4 Å². The predicted molar refractivity (Wildman–Crippen MR) is 96.7 cm³/mol. The summed E-state index contributed by atoms with van der Waals surface area (Å²) in [6.07, 6.45) is -0.413. The molecule has 1 aliphatic heterocycles. The Morgan fingerprint density at radius 2 is 2.07 bits per heavy atom. The van der Waals surface area contributed by atoms with Gasteiger partial charge in [0, 0.05) is 25.4 Å². The Hall–Kier alpha value is -3.10. The third kappa shape index (κ3) is 4.41. The zero-order valence-electron chi connectivity index (χ0n) is 14.9. The van der Waals surface area contributed by atoms with E-state index in [0.29, 0.717) is 25.9 Å². The Morgan fingerprint density at radius 3 is 2.79 bits per heavy atom. The van der Waals surface area contributed by atoms with E-state index < -0.39 is 11.7 Å². The largest absolute Gasteiger partial charge is 0.416 e. The van der Waals surface area contributed by atoms with E-state index in [1.165, 1.54) is 35.2 Å². The molecule has 1 unspecified atom stereocenters. The summed E-state index contributed by atoms with van der Waals surface area (Å²) in [6, 6.07) is 6.26. The summed E-state index contributed by atoms with van der Waals surface area (Å²) < 4.78 is 39.8. The molecule has 1 aliphatic rings. The smallest absolute Gasteiger partial charge is 0.338 e. The number of aromatic nitrogens is 2. The number of carbonyl (C=O) groups is 2. The lowest BCUT2D eigenvalue weighted by Crippen LogP contribution is -2.43. The van der Waals surface area contributed by atoms with Crippen molar-refractivity contribution in [1.29, 1.82) is 0 Å². The standard InChI is InChI=1S/C19H19F3N4O2/c1-2-17(27)25-9-4-5-13(12-25)18(28)23-16-8-10-26(24-16)15-7-3-6-14(11-15)19(20,21)22/h2-3,6-8,10-11,13H,1,4-5,9,12H2,(H,23,24,28). The van der Waals surface area contributed by atoms with E-state index in [4.69, 9.17) is 0 Å². The zero-order chi connectivity index (χ0) is 20.3. The van der Waals surface area contributed by atoms with Crippen LogP contribution in [0.15, 0.2) is 49.2 Å². The van der Waals surface area contributed by atoms with Crippen LogP contribution in [0.3, 0.4) is 0 Å². The second-order valence-corrected chi connectivity index (χ2v) is 6.51. The van der Waals surface area contributed by atoms with Crippen LogP contribution in [0.1, 0.15) is 18.4 Å². The van der Waals surface area contributed by atoms with Gasteiger partial charge in [0.2, 0.25) is 11.8 Å². The van der Waals surface area contributed by atoms with Crippen molar-refractivity contribution in [3.8, 4) is 5.69 Å². The van der Waals surface area contributed by atoms with E-state index in [1.807, 2.05) is 0 Å². The first-order valence-electron chi connectivity index (χ1n) is 8.73. The summed E-state index contributed by atoms with van der Waals surface area (Å²) in [4.78, 5) is 25.8. The van der Waals surface area contributed by atoms with Gasteiger partial charge in [0.1, 0.15) is 0 Å². The molecule has 2 amide bonds. The molecule has 0 radical (unpaired) electrons. The molecule has 2 heterocycles. The van der Waals surface area contributed by atoms with Crippen molar-refractivity contribution in [3.63, 3.8) is 0 Å². The number of nitrogens with one attached hydrogen (secondary N) is 1. The van der Waals surface area contributed by atoms with Crippen LogP contribution >= 0.6 is 0 Å². The average Bonchev–Trinajstić information content (AvgIpc) is 3.15. The van der Waals surface area contributed by atoms with Crippen molar-refractivity contribution in [2.24, 2.45) is 5.92 Å². The molecular formula is C19H19F3N4O2. The molecule has 1 atom stereocenters. The van der Waals surface area contributed by atoms with E-state index in [0.717, 1.165) is 12.1 Å². The third-order valence-electron chi connectivity index (χ3n) is 4.56. The highest BCUT2D eigenvalue weighted by Crippen LogP contribution is 2.30. The van der Waals surface area contributed by atoms with Crippen LogP contribution in [0.4, 0.5) is 19.0 Å². The van der Waals surface area contributed by atoms with Gasteiger partial charge in [-0.05, 0) is 37.1 Å². The number of nitrogens with zero attached hydrogens (tertiary/aromatic N) is 3. The summed E-state index contributed by atoms with van der Waals surface area (Å²) in [6.45, 7) is 4.33. The fourth-order valence-corrected chi connectivity index (χ4v) is 3.11. The highest BCUT2D eigenvalue weighted by molar-refractivity contribution is 5.93. The number of hydrogen-bond donors (Lipinski definition) is 1. The van der Waals surface area contributed by atoms with Gasteiger partial charge in [-0.3, -0.25) is 9.59 Å². The molecule has 3 rings (SSSR count). The Bertz CT molecular complexity index is 891. The quantitative estimate of drug-likeness (QED) is 0.813. The minimum Gasteiger partial charge on any atom is -0.338 e. The molecule has 0 spiro atoms. The molecule has 2 aromatic rings. The molecule has 1 fully saturated rings. The van der Waals surface area contributed by atoms with Gasteiger partial charge in [-0.2, -0.15) is 18.3 Å². The van der Waals surface area contributed by atoms with Crippen LogP contribution in [-0.4, -0.2) is 39.6 Å². The molecule has 9 heteroatoms. The fraction of sp³-hybridized carbons (Fsp3) is 0.316. The molecule has 0 bridgehead atoms. The van der Waals surface area contributed by atoms with Gasteiger partial charge in [0.25, 0.3) is 0 Å². The van der Waals surface area contributed by atoms with Gasteiger partial charge in [-0.25, -0.2) is 4.68 Å². The van der Waals surface area contributed by atoms with E-state index >= 15 is 0 Å². The van der Waals surface area contributed by atoms with Crippen LogP contribution in [0.25, 0.3) is 5.69 Å². The minimum atomic E-state index is -4.45. The highest BCUT2D eigenvalue weighted by Gasteiger charge is 2.31. The number of anilines is 1. The van der Waals surface area contributed by atoms with Crippen LogP contribution in [0.5, 0.6) is 0 Å². The number of alkyl halides is 3. The molecule has 1 aromatic heterocycles. The molecule has 0 saturated carbocycles. The number of benzene rings is 1. The number of hydrogen-bond acceptors (Lipinski definition) is 3. The monoisotopic (exact) mass is 392 g/mol. The summed E-state index contributed by atoms with van der Waals surface area (Å²) in [5.41, 5.74) is -0.545. The molecule has 148 valence electrons. The van der Waals surface area contributed by atoms with Gasteiger partial charge < -0.3 is 10.2 Å². The Labute approximate surface area is 159 Å². The number of amides is 2. The molecule has 28 heavy (non-hydrogen) atoms. The van der Waals surface area contributed by atoms with Gasteiger partial charge in [-0.15, -0.1) is 0 Å². The summed E-state index contributed by atoms with van der Waals surface area (Å²) >= 11 is 0. The molecule has 6 nitrogen and oxygen atoms in total. The maximum Gasteiger partial charge on any atom is 0.416 e. The van der Waals surface area contributed by atoms with Gasteiger partial charge in [0.15, 0.2) is 5.82 Å². The number of piperidine rings is 1. The second kappa shape index (κ2) is 7.87. The SMILES string of the molecule is C=CC(=O)N1CCCC(C(=O)Nc2ccn(-c3cccc(C(F)(F)F)c3)n2)C1. The molecule has 0 aliphatic carbocycles. The first kappa shape index (κ1) is 19.7. The van der Waals surface area contributed by atoms with Crippen LogP contribution < -0.4 is 5.32 Å². The van der Waals surface area contributed by atoms with E-state index in [1.54, 1.807) is 4.90 Å². The highest BCUT2D eigenvalue weighted by atomic mass is 19.4. The lowest BCUT2D eigenvalue weighted by Gasteiger charge is -2.31. The molecule has 1 N–H and O–H groups in total. The molecule has 1 saturated heterocycles. The average molecular weight is 392 g/mol.